The zero-order chi connectivity index (χ0) is 18.9. The van der Waals surface area contributed by atoms with Gasteiger partial charge in [-0.1, -0.05) is 65.9 Å². The molecule has 3 nitrogen and oxygen atoms in total. The van der Waals surface area contributed by atoms with Gasteiger partial charge in [0.2, 0.25) is 0 Å². The predicted octanol–water partition coefficient (Wildman–Crippen LogP) is 6.28. The number of hydrogen-bond donors (Lipinski definition) is 1. The van der Waals surface area contributed by atoms with Gasteiger partial charge < -0.3 is 10.5 Å². The molecule has 5 rings (SSSR count). The van der Waals surface area contributed by atoms with Crippen molar-refractivity contribution in [2.45, 2.75) is 6.61 Å². The molecule has 0 bridgehead atoms. The van der Waals surface area contributed by atoms with Crippen molar-refractivity contribution in [3.8, 4) is 16.9 Å². The van der Waals surface area contributed by atoms with E-state index in [-0.39, 0.29) is 0 Å². The summed E-state index contributed by atoms with van der Waals surface area (Å²) in [5, 5.41) is 2.96. The monoisotopic (exact) mass is 382 g/mol. The Bertz CT molecular complexity index is 1280. The second-order valence-electron chi connectivity index (χ2n) is 6.73. The molecule has 0 radical (unpaired) electrons. The van der Waals surface area contributed by atoms with Crippen LogP contribution in [0.2, 0.25) is 0 Å². The van der Waals surface area contributed by atoms with E-state index < -0.39 is 0 Å². The Balaban J connectivity index is 1.42. The molecule has 136 valence electrons. The largest absolute Gasteiger partial charge is 0.489 e. The lowest BCUT2D eigenvalue weighted by Gasteiger charge is -2.09. The van der Waals surface area contributed by atoms with Crippen molar-refractivity contribution >= 4 is 37.5 Å². The highest BCUT2D eigenvalue weighted by Gasteiger charge is 2.06. The van der Waals surface area contributed by atoms with Crippen LogP contribution in [-0.2, 0) is 6.61 Å². The number of nitrogens with zero attached hydrogens (tertiary/aromatic N) is 1. The second-order valence-corrected chi connectivity index (χ2v) is 7.79. The highest BCUT2D eigenvalue weighted by atomic mass is 32.1. The summed E-state index contributed by atoms with van der Waals surface area (Å²) >= 11 is 1.52. The molecule has 0 aliphatic heterocycles. The van der Waals surface area contributed by atoms with Crippen LogP contribution in [0.1, 0.15) is 5.56 Å². The molecule has 28 heavy (non-hydrogen) atoms. The minimum absolute atomic E-state index is 0.572. The molecule has 0 saturated heterocycles. The van der Waals surface area contributed by atoms with Gasteiger partial charge in [0.15, 0.2) is 5.13 Å². The van der Waals surface area contributed by atoms with E-state index in [9.17, 15) is 0 Å². The third-order valence-corrected chi connectivity index (χ3v) is 5.65. The Morgan fingerprint density at radius 2 is 1.54 bits per heavy atom. The molecular weight excluding hydrogens is 364 g/mol. The highest BCUT2D eigenvalue weighted by molar-refractivity contribution is 7.22. The Hall–Kier alpha value is -3.37. The van der Waals surface area contributed by atoms with Crippen molar-refractivity contribution in [1.29, 1.82) is 0 Å². The van der Waals surface area contributed by atoms with Crippen LogP contribution in [0.5, 0.6) is 5.75 Å². The first-order chi connectivity index (χ1) is 13.7. The van der Waals surface area contributed by atoms with Gasteiger partial charge in [0.1, 0.15) is 12.4 Å². The molecule has 0 atom stereocenters. The molecule has 0 fully saturated rings. The summed E-state index contributed by atoms with van der Waals surface area (Å²) in [5.74, 6) is 0.880. The lowest BCUT2D eigenvalue weighted by molar-refractivity contribution is 0.306. The summed E-state index contributed by atoms with van der Waals surface area (Å²) in [6.45, 7) is 0.572. The topological polar surface area (TPSA) is 48.1 Å². The van der Waals surface area contributed by atoms with Gasteiger partial charge in [0, 0.05) is 0 Å². The Morgan fingerprint density at radius 3 is 2.43 bits per heavy atom. The third-order valence-electron chi connectivity index (χ3n) is 4.80. The van der Waals surface area contributed by atoms with E-state index in [1.165, 1.54) is 27.8 Å². The van der Waals surface area contributed by atoms with Crippen LogP contribution < -0.4 is 10.5 Å². The molecule has 0 spiro atoms. The Kier molecular flexibility index (Phi) is 4.18. The molecule has 1 heterocycles. The molecule has 2 N–H and O–H groups in total. The van der Waals surface area contributed by atoms with Crippen LogP contribution in [0, 0.1) is 0 Å². The maximum Gasteiger partial charge on any atom is 0.181 e. The average Bonchev–Trinajstić information content (AvgIpc) is 3.11. The zero-order valence-electron chi connectivity index (χ0n) is 15.1. The summed E-state index contributed by atoms with van der Waals surface area (Å²) in [5.41, 5.74) is 10.3. The molecule has 0 unspecified atom stereocenters. The van der Waals surface area contributed by atoms with E-state index in [0.29, 0.717) is 11.7 Å². The first-order valence-corrected chi connectivity index (χ1v) is 9.93. The first-order valence-electron chi connectivity index (χ1n) is 9.12. The summed E-state index contributed by atoms with van der Waals surface area (Å²) in [7, 11) is 0. The van der Waals surface area contributed by atoms with E-state index in [4.69, 9.17) is 10.5 Å². The standard InChI is InChI=1S/C24H18N2OS/c25-24-26-22-11-9-20(14-23(22)28-24)17-6-7-19-13-21(10-8-18(19)12-17)27-15-16-4-2-1-3-5-16/h1-14H,15H2,(H2,25,26). The van der Waals surface area contributed by atoms with E-state index in [1.54, 1.807) is 0 Å². The summed E-state index contributed by atoms with van der Waals surface area (Å²) in [6.07, 6.45) is 0. The van der Waals surface area contributed by atoms with Gasteiger partial charge in [-0.05, 0) is 57.8 Å². The second kappa shape index (κ2) is 6.98. The smallest absolute Gasteiger partial charge is 0.181 e. The molecular formula is C24H18N2OS. The van der Waals surface area contributed by atoms with Gasteiger partial charge in [-0.2, -0.15) is 0 Å². The average molecular weight is 382 g/mol. The number of hydrogen-bond acceptors (Lipinski definition) is 4. The van der Waals surface area contributed by atoms with Crippen molar-refractivity contribution in [2.24, 2.45) is 0 Å². The van der Waals surface area contributed by atoms with Crippen molar-refractivity contribution < 1.29 is 4.74 Å². The van der Waals surface area contributed by atoms with Crippen molar-refractivity contribution in [1.82, 2.24) is 4.98 Å². The first kappa shape index (κ1) is 16.8. The number of rotatable bonds is 4. The normalized spacial score (nSPS) is 11.1. The summed E-state index contributed by atoms with van der Waals surface area (Å²) in [4.78, 5) is 4.33. The highest BCUT2D eigenvalue weighted by Crippen LogP contribution is 2.31. The van der Waals surface area contributed by atoms with Gasteiger partial charge in [-0.25, -0.2) is 4.98 Å². The SMILES string of the molecule is Nc1nc2ccc(-c3ccc4cc(OCc5ccccc5)ccc4c3)cc2s1. The van der Waals surface area contributed by atoms with Gasteiger partial charge in [-0.15, -0.1) is 0 Å². The number of nitrogen functional groups attached to an aromatic ring is 1. The van der Waals surface area contributed by atoms with E-state index in [2.05, 4.69) is 59.6 Å². The Labute approximate surface area is 167 Å². The van der Waals surface area contributed by atoms with E-state index in [0.717, 1.165) is 26.9 Å². The third kappa shape index (κ3) is 3.30. The minimum atomic E-state index is 0.572. The van der Waals surface area contributed by atoms with Crippen molar-refractivity contribution in [2.75, 3.05) is 5.73 Å². The predicted molar refractivity (Wildman–Crippen MR) is 118 cm³/mol. The maximum atomic E-state index is 5.95. The fourth-order valence-electron chi connectivity index (χ4n) is 3.36. The van der Waals surface area contributed by atoms with Crippen LogP contribution in [-0.4, -0.2) is 4.98 Å². The lowest BCUT2D eigenvalue weighted by atomic mass is 10.0. The minimum Gasteiger partial charge on any atom is -0.489 e. The van der Waals surface area contributed by atoms with Crippen LogP contribution in [0.4, 0.5) is 5.13 Å². The van der Waals surface area contributed by atoms with E-state index >= 15 is 0 Å². The summed E-state index contributed by atoms with van der Waals surface area (Å²) in [6, 6.07) is 29.2. The molecule has 0 saturated carbocycles. The molecule has 0 aliphatic rings. The van der Waals surface area contributed by atoms with Gasteiger partial charge in [-0.3, -0.25) is 0 Å². The molecule has 5 aromatic rings. The van der Waals surface area contributed by atoms with Gasteiger partial charge in [0.25, 0.3) is 0 Å². The number of aromatic nitrogens is 1. The van der Waals surface area contributed by atoms with Crippen LogP contribution >= 0.6 is 11.3 Å². The number of nitrogens with two attached hydrogens (primary N) is 1. The lowest BCUT2D eigenvalue weighted by Crippen LogP contribution is -1.94. The van der Waals surface area contributed by atoms with Crippen molar-refractivity contribution in [3.05, 3.63) is 90.5 Å². The van der Waals surface area contributed by atoms with Gasteiger partial charge in [0.05, 0.1) is 10.2 Å². The van der Waals surface area contributed by atoms with E-state index in [1.807, 2.05) is 30.3 Å². The number of anilines is 1. The maximum absolute atomic E-state index is 5.95. The number of fused-ring (bicyclic) bond motifs is 2. The fourth-order valence-corrected chi connectivity index (χ4v) is 4.13. The molecule has 4 aromatic carbocycles. The number of ether oxygens (including phenoxy) is 1. The molecule has 4 heteroatoms. The molecule has 0 aliphatic carbocycles. The summed E-state index contributed by atoms with van der Waals surface area (Å²) < 4.78 is 7.06. The molecule has 1 aromatic heterocycles. The van der Waals surface area contributed by atoms with Crippen LogP contribution in [0.3, 0.4) is 0 Å². The van der Waals surface area contributed by atoms with Crippen LogP contribution in [0.15, 0.2) is 84.9 Å². The van der Waals surface area contributed by atoms with Crippen molar-refractivity contribution in [3.63, 3.8) is 0 Å². The van der Waals surface area contributed by atoms with Crippen LogP contribution in [0.25, 0.3) is 32.1 Å². The Morgan fingerprint density at radius 1 is 0.786 bits per heavy atom. The number of benzene rings is 4. The zero-order valence-corrected chi connectivity index (χ0v) is 15.9. The number of thiazole rings is 1. The quantitative estimate of drug-likeness (QED) is 0.398. The molecule has 0 amide bonds. The fraction of sp³-hybridized carbons (Fsp3) is 0.0417. The van der Waals surface area contributed by atoms with Gasteiger partial charge >= 0.3 is 0 Å².